The first-order valence-electron chi connectivity index (χ1n) is 8.63. The van der Waals surface area contributed by atoms with Crippen LogP contribution in [0.15, 0.2) is 0 Å². The van der Waals surface area contributed by atoms with Crippen LogP contribution in [0.1, 0.15) is 19.3 Å². The molecule has 4 amide bonds. The van der Waals surface area contributed by atoms with E-state index >= 15 is 0 Å². The maximum atomic E-state index is 12.4. The van der Waals surface area contributed by atoms with Crippen molar-refractivity contribution in [3.05, 3.63) is 0 Å². The van der Waals surface area contributed by atoms with E-state index in [-0.39, 0.29) is 49.6 Å². The smallest absolute Gasteiger partial charge is 0.327 e. The van der Waals surface area contributed by atoms with Crippen molar-refractivity contribution in [2.75, 3.05) is 46.4 Å². The standard InChI is InChI=1S/C16H25N3O6/c1-17-9-14(23)19(15(17)24)10-13(22)18-4-2-16(3-5-18)11(21)8-12(16)25-7-6-20/h11-12,20-21H,2-10H2,1H3/t11-,12+/m0/s1. The molecule has 0 unspecified atom stereocenters. The van der Waals surface area contributed by atoms with Crippen LogP contribution in [0.3, 0.4) is 0 Å². The van der Waals surface area contributed by atoms with Gasteiger partial charge in [0.2, 0.25) is 5.91 Å². The molecule has 0 aromatic rings. The van der Waals surface area contributed by atoms with Gasteiger partial charge in [0, 0.05) is 32.0 Å². The molecule has 140 valence electrons. The van der Waals surface area contributed by atoms with Gasteiger partial charge in [0.05, 0.1) is 25.4 Å². The maximum Gasteiger partial charge on any atom is 0.327 e. The van der Waals surface area contributed by atoms with Crippen LogP contribution in [0.2, 0.25) is 0 Å². The minimum absolute atomic E-state index is 0.00525. The molecule has 1 saturated carbocycles. The number of carbonyl (C=O) groups excluding carboxylic acids is 3. The highest BCUT2D eigenvalue weighted by Gasteiger charge is 2.56. The Kier molecular flexibility index (Phi) is 4.99. The largest absolute Gasteiger partial charge is 0.394 e. The minimum Gasteiger partial charge on any atom is -0.394 e. The van der Waals surface area contributed by atoms with Gasteiger partial charge in [-0.1, -0.05) is 0 Å². The van der Waals surface area contributed by atoms with Gasteiger partial charge < -0.3 is 24.7 Å². The summed E-state index contributed by atoms with van der Waals surface area (Å²) >= 11 is 0. The summed E-state index contributed by atoms with van der Waals surface area (Å²) in [4.78, 5) is 40.0. The van der Waals surface area contributed by atoms with Crippen molar-refractivity contribution in [3.63, 3.8) is 0 Å². The molecule has 2 atom stereocenters. The average molecular weight is 355 g/mol. The summed E-state index contributed by atoms with van der Waals surface area (Å²) in [6.07, 6.45) is 1.22. The van der Waals surface area contributed by atoms with Crippen LogP contribution in [-0.4, -0.2) is 101 Å². The molecule has 1 aliphatic carbocycles. The third-order valence-corrected chi connectivity index (χ3v) is 5.72. The normalized spacial score (nSPS) is 28.7. The number of aliphatic hydroxyl groups is 2. The Labute approximate surface area is 146 Å². The fraction of sp³-hybridized carbons (Fsp3) is 0.812. The first-order valence-corrected chi connectivity index (χ1v) is 8.63. The number of carbonyl (C=O) groups is 3. The lowest BCUT2D eigenvalue weighted by Crippen LogP contribution is -2.63. The molecule has 0 aromatic heterocycles. The van der Waals surface area contributed by atoms with E-state index in [9.17, 15) is 19.5 Å². The van der Waals surface area contributed by atoms with Gasteiger partial charge in [0.25, 0.3) is 5.91 Å². The summed E-state index contributed by atoms with van der Waals surface area (Å²) in [5, 5.41) is 19.1. The number of hydrogen-bond donors (Lipinski definition) is 2. The topological polar surface area (TPSA) is 111 Å². The lowest BCUT2D eigenvalue weighted by Gasteiger charge is -2.56. The van der Waals surface area contributed by atoms with E-state index in [1.54, 1.807) is 4.90 Å². The second-order valence-electron chi connectivity index (χ2n) is 7.07. The number of rotatable bonds is 5. The fourth-order valence-corrected chi connectivity index (χ4v) is 4.04. The maximum absolute atomic E-state index is 12.4. The third-order valence-electron chi connectivity index (χ3n) is 5.72. The summed E-state index contributed by atoms with van der Waals surface area (Å²) in [5.41, 5.74) is -0.356. The Bertz CT molecular complexity index is 560. The lowest BCUT2D eigenvalue weighted by atomic mass is 9.58. The van der Waals surface area contributed by atoms with E-state index in [2.05, 4.69) is 0 Å². The van der Waals surface area contributed by atoms with Gasteiger partial charge in [-0.2, -0.15) is 0 Å². The van der Waals surface area contributed by atoms with E-state index in [0.29, 0.717) is 32.4 Å². The second kappa shape index (κ2) is 6.89. The van der Waals surface area contributed by atoms with Crippen LogP contribution >= 0.6 is 0 Å². The highest BCUT2D eigenvalue weighted by molar-refractivity contribution is 6.04. The van der Waals surface area contributed by atoms with E-state index in [1.165, 1.54) is 11.9 Å². The Morgan fingerprint density at radius 3 is 2.52 bits per heavy atom. The van der Waals surface area contributed by atoms with Crippen LogP contribution in [0.25, 0.3) is 0 Å². The highest BCUT2D eigenvalue weighted by atomic mass is 16.5. The summed E-state index contributed by atoms with van der Waals surface area (Å²) in [6.45, 7) is 0.878. The Morgan fingerprint density at radius 1 is 1.32 bits per heavy atom. The van der Waals surface area contributed by atoms with E-state index in [1.807, 2.05) is 0 Å². The zero-order valence-corrected chi connectivity index (χ0v) is 14.4. The van der Waals surface area contributed by atoms with Gasteiger partial charge in [0.15, 0.2) is 0 Å². The predicted molar refractivity (Wildman–Crippen MR) is 85.4 cm³/mol. The number of ether oxygens (including phenoxy) is 1. The van der Waals surface area contributed by atoms with Gasteiger partial charge in [0.1, 0.15) is 13.1 Å². The van der Waals surface area contributed by atoms with Crippen molar-refractivity contribution in [2.45, 2.75) is 31.5 Å². The molecule has 2 saturated heterocycles. The molecule has 2 aliphatic heterocycles. The molecule has 3 aliphatic rings. The van der Waals surface area contributed by atoms with Gasteiger partial charge in [-0.25, -0.2) is 4.79 Å². The molecule has 2 N–H and O–H groups in total. The van der Waals surface area contributed by atoms with E-state index in [0.717, 1.165) is 4.90 Å². The summed E-state index contributed by atoms with van der Waals surface area (Å²) in [7, 11) is 1.53. The number of urea groups is 1. The van der Waals surface area contributed by atoms with Gasteiger partial charge in [-0.3, -0.25) is 14.5 Å². The fourth-order valence-electron chi connectivity index (χ4n) is 4.04. The van der Waals surface area contributed by atoms with E-state index in [4.69, 9.17) is 9.84 Å². The molecule has 9 nitrogen and oxygen atoms in total. The summed E-state index contributed by atoms with van der Waals surface area (Å²) < 4.78 is 5.62. The molecular formula is C16H25N3O6. The SMILES string of the molecule is CN1CC(=O)N(CC(=O)N2CCC3(CC2)[C@@H](O)C[C@H]3OCCO)C1=O. The highest BCUT2D eigenvalue weighted by Crippen LogP contribution is 2.50. The Hall–Kier alpha value is -1.71. The number of likely N-dealkylation sites (tertiary alicyclic amines) is 1. The van der Waals surface area contributed by atoms with Crippen LogP contribution in [-0.2, 0) is 14.3 Å². The van der Waals surface area contributed by atoms with Gasteiger partial charge >= 0.3 is 6.03 Å². The van der Waals surface area contributed by atoms with Crippen molar-refractivity contribution in [1.29, 1.82) is 0 Å². The average Bonchev–Trinajstić information content (AvgIpc) is 2.84. The molecule has 0 aromatic carbocycles. The Balaban J connectivity index is 1.54. The third kappa shape index (κ3) is 3.11. The van der Waals surface area contributed by atoms with Crippen molar-refractivity contribution >= 4 is 17.8 Å². The van der Waals surface area contributed by atoms with E-state index < -0.39 is 12.1 Å². The van der Waals surface area contributed by atoms with Crippen molar-refractivity contribution in [3.8, 4) is 0 Å². The molecule has 2 heterocycles. The minimum atomic E-state index is -0.455. The zero-order chi connectivity index (χ0) is 18.2. The van der Waals surface area contributed by atoms with Crippen molar-refractivity contribution in [2.24, 2.45) is 5.41 Å². The molecular weight excluding hydrogens is 330 g/mol. The van der Waals surface area contributed by atoms with Crippen molar-refractivity contribution < 1.29 is 29.3 Å². The number of amides is 4. The molecule has 0 bridgehead atoms. The molecule has 0 radical (unpaired) electrons. The monoisotopic (exact) mass is 355 g/mol. The number of likely N-dealkylation sites (N-methyl/N-ethyl adjacent to an activating group) is 1. The van der Waals surface area contributed by atoms with Crippen molar-refractivity contribution in [1.82, 2.24) is 14.7 Å². The summed E-state index contributed by atoms with van der Waals surface area (Å²) in [5.74, 6) is -0.616. The molecule has 3 fully saturated rings. The second-order valence-corrected chi connectivity index (χ2v) is 7.07. The molecule has 9 heteroatoms. The summed E-state index contributed by atoms with van der Waals surface area (Å²) in [6, 6.07) is -0.446. The first-order chi connectivity index (χ1) is 11.9. The van der Waals surface area contributed by atoms with Crippen LogP contribution in [0.4, 0.5) is 4.79 Å². The van der Waals surface area contributed by atoms with Crippen LogP contribution in [0, 0.1) is 5.41 Å². The molecule has 3 rings (SSSR count). The zero-order valence-electron chi connectivity index (χ0n) is 14.4. The number of imide groups is 1. The number of nitrogens with zero attached hydrogens (tertiary/aromatic N) is 3. The molecule has 1 spiro atoms. The number of hydrogen-bond acceptors (Lipinski definition) is 6. The predicted octanol–water partition coefficient (Wildman–Crippen LogP) is -1.37. The van der Waals surface area contributed by atoms with Gasteiger partial charge in [-0.05, 0) is 12.8 Å². The number of aliphatic hydroxyl groups excluding tert-OH is 2. The first kappa shape index (κ1) is 18.1. The molecule has 25 heavy (non-hydrogen) atoms. The quantitative estimate of drug-likeness (QED) is 0.589. The lowest BCUT2D eigenvalue weighted by molar-refractivity contribution is -0.213. The van der Waals surface area contributed by atoms with Gasteiger partial charge in [-0.15, -0.1) is 0 Å². The Morgan fingerprint density at radius 2 is 2.00 bits per heavy atom. The van der Waals surface area contributed by atoms with Crippen LogP contribution < -0.4 is 0 Å². The number of piperidine rings is 1. The van der Waals surface area contributed by atoms with Crippen LogP contribution in [0.5, 0.6) is 0 Å².